The lowest BCUT2D eigenvalue weighted by Gasteiger charge is -2.27. The molecule has 112 valence electrons. The molecule has 0 radical (unpaired) electrons. The molecule has 2 N–H and O–H groups in total. The number of amides is 2. The van der Waals surface area contributed by atoms with Crippen LogP contribution >= 0.6 is 0 Å². The van der Waals surface area contributed by atoms with Crippen LogP contribution in [0.3, 0.4) is 0 Å². The standard InChI is InChI=1S/C15H19N3O3/c1-18-12-8-10(5-6-13(12)21-9-14(18)19)17-15(20)11-4-2-3-7-16-11/h5-6,8,11,16H,2-4,7,9H2,1H3,(H,17,20). The van der Waals surface area contributed by atoms with E-state index in [9.17, 15) is 9.59 Å². The fraction of sp³-hybridized carbons (Fsp3) is 0.467. The number of carbonyl (C=O) groups is 2. The molecule has 21 heavy (non-hydrogen) atoms. The maximum absolute atomic E-state index is 12.2. The van der Waals surface area contributed by atoms with Gasteiger partial charge in [-0.25, -0.2) is 0 Å². The zero-order valence-corrected chi connectivity index (χ0v) is 12.0. The Balaban J connectivity index is 1.74. The maximum Gasteiger partial charge on any atom is 0.264 e. The van der Waals surface area contributed by atoms with E-state index in [2.05, 4.69) is 10.6 Å². The van der Waals surface area contributed by atoms with Gasteiger partial charge >= 0.3 is 0 Å². The van der Waals surface area contributed by atoms with Crippen molar-refractivity contribution in [3.63, 3.8) is 0 Å². The normalized spacial score (nSPS) is 21.5. The first kappa shape index (κ1) is 13.9. The second-order valence-corrected chi connectivity index (χ2v) is 5.42. The summed E-state index contributed by atoms with van der Waals surface area (Å²) in [5.74, 6) is 0.533. The van der Waals surface area contributed by atoms with Crippen LogP contribution in [0.15, 0.2) is 18.2 Å². The number of ether oxygens (including phenoxy) is 1. The van der Waals surface area contributed by atoms with Gasteiger partial charge < -0.3 is 20.3 Å². The number of piperidine rings is 1. The Bertz CT molecular complexity index is 567. The van der Waals surface area contributed by atoms with Gasteiger partial charge in [0, 0.05) is 12.7 Å². The minimum atomic E-state index is -0.134. The van der Waals surface area contributed by atoms with Crippen LogP contribution in [0.1, 0.15) is 19.3 Å². The quantitative estimate of drug-likeness (QED) is 0.856. The molecule has 2 heterocycles. The third kappa shape index (κ3) is 2.85. The van der Waals surface area contributed by atoms with Crippen LogP contribution in [0.2, 0.25) is 0 Å². The Hall–Kier alpha value is -2.08. The summed E-state index contributed by atoms with van der Waals surface area (Å²) in [6.07, 6.45) is 3.05. The van der Waals surface area contributed by atoms with Crippen molar-refractivity contribution < 1.29 is 14.3 Å². The fourth-order valence-electron chi connectivity index (χ4n) is 2.65. The van der Waals surface area contributed by atoms with E-state index in [4.69, 9.17) is 4.74 Å². The molecule has 2 aliphatic rings. The van der Waals surface area contributed by atoms with E-state index in [1.807, 2.05) is 0 Å². The van der Waals surface area contributed by atoms with Gasteiger partial charge in [0.25, 0.3) is 5.91 Å². The third-order valence-electron chi connectivity index (χ3n) is 3.94. The fourth-order valence-corrected chi connectivity index (χ4v) is 2.65. The average Bonchev–Trinajstić information content (AvgIpc) is 2.52. The van der Waals surface area contributed by atoms with Crippen LogP contribution in [0.4, 0.5) is 11.4 Å². The van der Waals surface area contributed by atoms with Crippen molar-refractivity contribution in [3.05, 3.63) is 18.2 Å². The van der Waals surface area contributed by atoms with Crippen molar-refractivity contribution in [2.75, 3.05) is 30.4 Å². The molecule has 0 aliphatic carbocycles. The second kappa shape index (κ2) is 5.73. The number of hydrogen-bond donors (Lipinski definition) is 2. The van der Waals surface area contributed by atoms with E-state index in [-0.39, 0.29) is 24.5 Å². The van der Waals surface area contributed by atoms with E-state index < -0.39 is 0 Å². The smallest absolute Gasteiger partial charge is 0.264 e. The molecule has 2 amide bonds. The molecule has 0 bridgehead atoms. The van der Waals surface area contributed by atoms with Gasteiger partial charge in [-0.2, -0.15) is 0 Å². The van der Waals surface area contributed by atoms with E-state index in [1.165, 1.54) is 0 Å². The van der Waals surface area contributed by atoms with Crippen LogP contribution in [0.5, 0.6) is 5.75 Å². The van der Waals surface area contributed by atoms with Gasteiger partial charge in [-0.3, -0.25) is 9.59 Å². The van der Waals surface area contributed by atoms with Gasteiger partial charge in [0.15, 0.2) is 6.61 Å². The van der Waals surface area contributed by atoms with Gasteiger partial charge in [-0.1, -0.05) is 6.42 Å². The van der Waals surface area contributed by atoms with Crippen LogP contribution in [-0.2, 0) is 9.59 Å². The van der Waals surface area contributed by atoms with Gasteiger partial charge in [0.1, 0.15) is 5.75 Å². The van der Waals surface area contributed by atoms with E-state index in [1.54, 1.807) is 30.1 Å². The number of benzene rings is 1. The second-order valence-electron chi connectivity index (χ2n) is 5.42. The van der Waals surface area contributed by atoms with E-state index >= 15 is 0 Å². The highest BCUT2D eigenvalue weighted by Gasteiger charge is 2.24. The SMILES string of the molecule is CN1C(=O)COc2ccc(NC(=O)C3CCCCN3)cc21. The Morgan fingerprint density at radius 3 is 3.05 bits per heavy atom. The number of nitrogens with zero attached hydrogens (tertiary/aromatic N) is 1. The summed E-state index contributed by atoms with van der Waals surface area (Å²) in [5, 5.41) is 6.12. The zero-order valence-electron chi connectivity index (χ0n) is 12.0. The molecule has 1 fully saturated rings. The number of likely N-dealkylation sites (N-methyl/N-ethyl adjacent to an activating group) is 1. The first-order chi connectivity index (χ1) is 10.1. The van der Waals surface area contributed by atoms with Gasteiger partial charge in [-0.15, -0.1) is 0 Å². The molecule has 0 spiro atoms. The average molecular weight is 289 g/mol. The largest absolute Gasteiger partial charge is 0.482 e. The lowest BCUT2D eigenvalue weighted by atomic mass is 10.0. The number of hydrogen-bond acceptors (Lipinski definition) is 4. The van der Waals surface area contributed by atoms with Gasteiger partial charge in [0.2, 0.25) is 5.91 Å². The van der Waals surface area contributed by atoms with Crippen molar-refractivity contribution in [3.8, 4) is 5.75 Å². The first-order valence-electron chi connectivity index (χ1n) is 7.23. The van der Waals surface area contributed by atoms with Crippen molar-refractivity contribution in [2.24, 2.45) is 0 Å². The molecule has 0 aromatic heterocycles. The highest BCUT2D eigenvalue weighted by atomic mass is 16.5. The molecule has 1 unspecified atom stereocenters. The monoisotopic (exact) mass is 289 g/mol. The minimum absolute atomic E-state index is 0.0274. The first-order valence-corrected chi connectivity index (χ1v) is 7.23. The topological polar surface area (TPSA) is 70.7 Å². The predicted octanol–water partition coefficient (Wildman–Crippen LogP) is 1.12. The molecular formula is C15H19N3O3. The van der Waals surface area contributed by atoms with Gasteiger partial charge in [0.05, 0.1) is 11.7 Å². The molecule has 1 saturated heterocycles. The maximum atomic E-state index is 12.2. The number of carbonyl (C=O) groups excluding carboxylic acids is 2. The summed E-state index contributed by atoms with van der Waals surface area (Å²) in [6, 6.07) is 5.21. The lowest BCUT2D eigenvalue weighted by molar-refractivity contribution is -0.121. The molecule has 6 heteroatoms. The lowest BCUT2D eigenvalue weighted by Crippen LogP contribution is -2.43. The molecule has 1 aromatic rings. The Morgan fingerprint density at radius 2 is 2.29 bits per heavy atom. The minimum Gasteiger partial charge on any atom is -0.482 e. The summed E-state index contributed by atoms with van der Waals surface area (Å²) in [5.41, 5.74) is 1.36. The van der Waals surface area contributed by atoms with Crippen molar-refractivity contribution in [1.29, 1.82) is 0 Å². The Labute approximate surface area is 123 Å². The van der Waals surface area contributed by atoms with Crippen LogP contribution in [0.25, 0.3) is 0 Å². The molecule has 3 rings (SSSR count). The molecule has 0 saturated carbocycles. The summed E-state index contributed by atoms with van der Waals surface area (Å²) >= 11 is 0. The van der Waals surface area contributed by atoms with Crippen molar-refractivity contribution in [2.45, 2.75) is 25.3 Å². The van der Waals surface area contributed by atoms with E-state index in [0.717, 1.165) is 25.8 Å². The molecular weight excluding hydrogens is 270 g/mol. The molecule has 1 aromatic carbocycles. The molecule has 1 atom stereocenters. The third-order valence-corrected chi connectivity index (χ3v) is 3.94. The Kier molecular flexibility index (Phi) is 3.79. The zero-order chi connectivity index (χ0) is 14.8. The van der Waals surface area contributed by atoms with Crippen LogP contribution < -0.4 is 20.3 Å². The van der Waals surface area contributed by atoms with Gasteiger partial charge in [-0.05, 0) is 37.6 Å². The summed E-state index contributed by atoms with van der Waals surface area (Å²) < 4.78 is 5.37. The van der Waals surface area contributed by atoms with Crippen molar-refractivity contribution >= 4 is 23.2 Å². The summed E-state index contributed by atoms with van der Waals surface area (Å²) in [6.45, 7) is 0.939. The number of anilines is 2. The van der Waals surface area contributed by atoms with Crippen LogP contribution in [-0.4, -0.2) is 38.1 Å². The van der Waals surface area contributed by atoms with Crippen molar-refractivity contribution in [1.82, 2.24) is 5.32 Å². The summed E-state index contributed by atoms with van der Waals surface area (Å²) in [4.78, 5) is 25.4. The highest BCUT2D eigenvalue weighted by molar-refractivity contribution is 6.00. The van der Waals surface area contributed by atoms with Crippen LogP contribution in [0, 0.1) is 0 Å². The number of fused-ring (bicyclic) bond motifs is 1. The van der Waals surface area contributed by atoms with E-state index in [0.29, 0.717) is 17.1 Å². The Morgan fingerprint density at radius 1 is 1.43 bits per heavy atom. The number of rotatable bonds is 2. The highest BCUT2D eigenvalue weighted by Crippen LogP contribution is 2.33. The number of nitrogens with one attached hydrogen (secondary N) is 2. The summed E-state index contributed by atoms with van der Waals surface area (Å²) in [7, 11) is 1.71. The molecule has 6 nitrogen and oxygen atoms in total. The predicted molar refractivity (Wildman–Crippen MR) is 79.6 cm³/mol. The molecule has 2 aliphatic heterocycles.